The van der Waals surface area contributed by atoms with Crippen LogP contribution in [0.4, 0.5) is 0 Å². The Morgan fingerprint density at radius 2 is 0.978 bits per heavy atom. The van der Waals surface area contributed by atoms with Crippen LogP contribution in [0.2, 0.25) is 0 Å². The molecule has 0 spiro atoms. The van der Waals surface area contributed by atoms with Crippen LogP contribution in [-0.2, 0) is 38.8 Å². The maximum absolute atomic E-state index is 10.1. The predicted molar refractivity (Wildman–Crippen MR) is 179 cm³/mol. The third-order valence-corrected chi connectivity index (χ3v) is 10.6. The number of fused-ring (bicyclic) bond motifs is 8. The molecule has 4 heterocycles. The molecule has 46 heavy (non-hydrogen) atoms. The van der Waals surface area contributed by atoms with E-state index in [2.05, 4.69) is 41.0 Å². The van der Waals surface area contributed by atoms with E-state index in [1.165, 1.54) is 50.1 Å². The van der Waals surface area contributed by atoms with Crippen LogP contribution in [0.5, 0.6) is 28.7 Å². The molecule has 2 atom stereocenters. The van der Waals surface area contributed by atoms with E-state index in [1.807, 2.05) is 38.1 Å². The number of methoxy groups -OCH3 is 2. The van der Waals surface area contributed by atoms with Gasteiger partial charge in [-0.15, -0.1) is 0 Å². The van der Waals surface area contributed by atoms with Crippen LogP contribution in [0.3, 0.4) is 0 Å². The Kier molecular flexibility index (Phi) is 7.86. The van der Waals surface area contributed by atoms with Crippen molar-refractivity contribution >= 4 is 0 Å². The first-order valence-corrected chi connectivity index (χ1v) is 16.3. The summed E-state index contributed by atoms with van der Waals surface area (Å²) in [5, 5.41) is 30.3. The molecule has 0 radical (unpaired) electrons. The van der Waals surface area contributed by atoms with Crippen LogP contribution >= 0.6 is 0 Å². The molecular formula is C39H44N2O5. The Morgan fingerprint density at radius 1 is 0.522 bits per heavy atom. The van der Waals surface area contributed by atoms with E-state index in [-0.39, 0.29) is 11.8 Å². The lowest BCUT2D eigenvalue weighted by atomic mass is 9.83. The Bertz CT molecular complexity index is 1700. The molecule has 0 saturated carbocycles. The van der Waals surface area contributed by atoms with Crippen molar-refractivity contribution < 1.29 is 24.8 Å². The molecule has 4 aromatic carbocycles. The smallest absolute Gasteiger partial charge is 0.160 e. The number of phenolic OH excluding ortho intramolecular Hbond substituents is 3. The largest absolute Gasteiger partial charge is 0.508 e. The van der Waals surface area contributed by atoms with Crippen molar-refractivity contribution in [2.24, 2.45) is 0 Å². The van der Waals surface area contributed by atoms with E-state index in [0.29, 0.717) is 23.3 Å². The van der Waals surface area contributed by atoms with Gasteiger partial charge in [0.1, 0.15) is 17.2 Å². The average molecular weight is 621 g/mol. The molecule has 3 N–H and O–H groups in total. The lowest BCUT2D eigenvalue weighted by molar-refractivity contribution is 0.160. The molecule has 0 aliphatic carbocycles. The Labute approximate surface area is 271 Å². The van der Waals surface area contributed by atoms with Gasteiger partial charge >= 0.3 is 0 Å². The lowest BCUT2D eigenvalue weighted by Crippen LogP contribution is -2.39. The number of hydrogen-bond donors (Lipinski definition) is 3. The first kappa shape index (κ1) is 30.5. The minimum Gasteiger partial charge on any atom is -0.508 e. The highest BCUT2D eigenvalue weighted by molar-refractivity contribution is 5.51. The predicted octanol–water partition coefficient (Wildman–Crippen LogP) is 6.74. The maximum atomic E-state index is 10.1. The highest BCUT2D eigenvalue weighted by atomic mass is 16.5. The summed E-state index contributed by atoms with van der Waals surface area (Å²) < 4.78 is 10.7. The van der Waals surface area contributed by atoms with Gasteiger partial charge in [0.15, 0.2) is 11.5 Å². The molecule has 0 amide bonds. The minimum absolute atomic E-state index is 0.204. The van der Waals surface area contributed by atoms with Crippen LogP contribution < -0.4 is 9.47 Å². The number of nitrogens with zero attached hydrogens (tertiary/aromatic N) is 2. The normalized spacial score (nSPS) is 19.7. The zero-order valence-corrected chi connectivity index (χ0v) is 27.5. The van der Waals surface area contributed by atoms with Crippen molar-refractivity contribution in [2.75, 3.05) is 27.3 Å². The first-order chi connectivity index (χ1) is 22.1. The number of rotatable bonds is 2. The molecule has 8 rings (SSSR count). The summed E-state index contributed by atoms with van der Waals surface area (Å²) in [6.45, 7) is 9.94. The van der Waals surface area contributed by atoms with Gasteiger partial charge in [-0.2, -0.15) is 0 Å². The van der Waals surface area contributed by atoms with E-state index in [9.17, 15) is 15.3 Å². The standard InChI is InChI=1S/C20H23NO2.C19H21NO3/c1-12-6-14-4-5-21-11-16-7-13(2)20(23-3)9-15(16)8-18(21)17(14)10-19(12)22;1-11-5-12-3-4-20-10-14-7-18(22)19(23-2)8-13(14)6-16(20)15(12)9-17(11)21/h6-7,9-10,18,22H,4-5,8,11H2,1-3H3;5,7-9,16,21-22H,3-4,6,10H2,1-2H3/t18-;16-/m01/s1. The van der Waals surface area contributed by atoms with Crippen molar-refractivity contribution in [1.82, 2.24) is 9.80 Å². The molecule has 4 aliphatic rings. The summed E-state index contributed by atoms with van der Waals surface area (Å²) >= 11 is 0. The van der Waals surface area contributed by atoms with Crippen LogP contribution in [-0.4, -0.2) is 52.4 Å². The van der Waals surface area contributed by atoms with E-state index < -0.39 is 0 Å². The van der Waals surface area contributed by atoms with Crippen molar-refractivity contribution in [3.05, 3.63) is 110 Å². The third-order valence-electron chi connectivity index (χ3n) is 10.6. The molecule has 7 nitrogen and oxygen atoms in total. The highest BCUT2D eigenvalue weighted by Crippen LogP contribution is 2.43. The Balaban J connectivity index is 0.000000147. The van der Waals surface area contributed by atoms with Crippen molar-refractivity contribution in [3.63, 3.8) is 0 Å². The second-order valence-corrected chi connectivity index (χ2v) is 13.4. The van der Waals surface area contributed by atoms with Gasteiger partial charge in [-0.3, -0.25) is 9.80 Å². The fraction of sp³-hybridized carbons (Fsp3) is 0.385. The summed E-state index contributed by atoms with van der Waals surface area (Å²) in [6, 6.07) is 17.1. The summed E-state index contributed by atoms with van der Waals surface area (Å²) in [4.78, 5) is 4.98. The Hall–Kier alpha value is -4.20. The number of ether oxygens (including phenoxy) is 2. The van der Waals surface area contributed by atoms with Gasteiger partial charge in [-0.05, 0) is 138 Å². The maximum Gasteiger partial charge on any atom is 0.160 e. The van der Waals surface area contributed by atoms with E-state index in [4.69, 9.17) is 9.47 Å². The molecule has 0 unspecified atom stereocenters. The average Bonchev–Trinajstić information content (AvgIpc) is 3.04. The molecule has 0 saturated heterocycles. The minimum atomic E-state index is 0.204. The van der Waals surface area contributed by atoms with Crippen LogP contribution in [0.15, 0.2) is 48.5 Å². The number of hydrogen-bond acceptors (Lipinski definition) is 7. The molecule has 0 aromatic heterocycles. The molecule has 0 bridgehead atoms. The zero-order chi connectivity index (χ0) is 32.3. The topological polar surface area (TPSA) is 85.6 Å². The number of benzene rings is 4. The lowest BCUT2D eigenvalue weighted by Gasteiger charge is -2.41. The van der Waals surface area contributed by atoms with Crippen LogP contribution in [0, 0.1) is 20.8 Å². The van der Waals surface area contributed by atoms with Gasteiger partial charge in [-0.25, -0.2) is 0 Å². The van der Waals surface area contributed by atoms with Gasteiger partial charge in [0.2, 0.25) is 0 Å². The van der Waals surface area contributed by atoms with E-state index in [1.54, 1.807) is 14.2 Å². The molecule has 7 heteroatoms. The monoisotopic (exact) mass is 620 g/mol. The second kappa shape index (κ2) is 11.9. The SMILES string of the molecule is COc1cc2c(cc1C)CN1CCc3cc(C)c(O)cc3[C@@H]1C2.COc1cc2c(cc1O)CN1CCc3cc(C)c(O)cc3[C@H]1C2. The molecule has 0 fully saturated rings. The van der Waals surface area contributed by atoms with Gasteiger partial charge in [0, 0.05) is 38.3 Å². The summed E-state index contributed by atoms with van der Waals surface area (Å²) in [6.07, 6.45) is 3.94. The summed E-state index contributed by atoms with van der Waals surface area (Å²) in [7, 11) is 3.31. The summed E-state index contributed by atoms with van der Waals surface area (Å²) in [5.41, 5.74) is 13.6. The van der Waals surface area contributed by atoms with Crippen molar-refractivity contribution in [3.8, 4) is 28.7 Å². The number of phenols is 3. The van der Waals surface area contributed by atoms with Gasteiger partial charge in [0.05, 0.1) is 14.2 Å². The number of aryl methyl sites for hydroxylation is 3. The van der Waals surface area contributed by atoms with E-state index in [0.717, 1.165) is 68.7 Å². The fourth-order valence-electron chi connectivity index (χ4n) is 8.04. The zero-order valence-electron chi connectivity index (χ0n) is 27.5. The number of aromatic hydroxyl groups is 3. The fourth-order valence-corrected chi connectivity index (χ4v) is 8.04. The molecule has 240 valence electrons. The quantitative estimate of drug-likeness (QED) is 0.229. The highest BCUT2D eigenvalue weighted by Gasteiger charge is 2.34. The molecule has 4 aromatic rings. The van der Waals surface area contributed by atoms with E-state index >= 15 is 0 Å². The van der Waals surface area contributed by atoms with Crippen molar-refractivity contribution in [2.45, 2.75) is 71.6 Å². The van der Waals surface area contributed by atoms with Crippen molar-refractivity contribution in [1.29, 1.82) is 0 Å². The van der Waals surface area contributed by atoms with Gasteiger partial charge in [-0.1, -0.05) is 18.2 Å². The van der Waals surface area contributed by atoms with Gasteiger partial charge in [0.25, 0.3) is 0 Å². The van der Waals surface area contributed by atoms with Gasteiger partial charge < -0.3 is 24.8 Å². The van der Waals surface area contributed by atoms with Crippen LogP contribution in [0.25, 0.3) is 0 Å². The first-order valence-electron chi connectivity index (χ1n) is 16.3. The Morgan fingerprint density at radius 3 is 1.48 bits per heavy atom. The molecule has 4 aliphatic heterocycles. The summed E-state index contributed by atoms with van der Waals surface area (Å²) in [5.74, 6) is 2.49. The molecular weight excluding hydrogens is 576 g/mol. The second-order valence-electron chi connectivity index (χ2n) is 13.4. The third kappa shape index (κ3) is 5.35. The van der Waals surface area contributed by atoms with Crippen LogP contribution in [0.1, 0.15) is 73.3 Å².